The van der Waals surface area contributed by atoms with Crippen LogP contribution in [0.1, 0.15) is 5.56 Å². The van der Waals surface area contributed by atoms with Gasteiger partial charge in [-0.2, -0.15) is 5.26 Å². The normalized spacial score (nSPS) is 11.1. The first-order valence-corrected chi connectivity index (χ1v) is 17.3. The molecule has 0 heterocycles. The predicted octanol–water partition coefficient (Wildman–Crippen LogP) is 13.5. The average Bonchev–Trinajstić information content (AvgIpc) is 3.22. The lowest BCUT2D eigenvalue weighted by Gasteiger charge is -2.27. The molecule has 0 saturated carbocycles. The van der Waals surface area contributed by atoms with E-state index in [1.165, 1.54) is 65.7 Å². The van der Waals surface area contributed by atoms with E-state index in [9.17, 15) is 5.26 Å². The Labute approximate surface area is 297 Å². The summed E-state index contributed by atoms with van der Waals surface area (Å²) in [5.74, 6) is 0. The number of hydrogen-bond donors (Lipinski definition) is 0. The molecule has 0 unspecified atom stereocenters. The third-order valence-corrected chi connectivity index (χ3v) is 9.85. The molecule has 2 nitrogen and oxygen atoms in total. The Kier molecular flexibility index (Phi) is 7.58. The van der Waals surface area contributed by atoms with E-state index >= 15 is 0 Å². The molecule has 0 atom stereocenters. The lowest BCUT2D eigenvalue weighted by molar-refractivity contribution is 1.29. The van der Waals surface area contributed by atoms with Crippen LogP contribution >= 0.6 is 0 Å². The lowest BCUT2D eigenvalue weighted by atomic mass is 9.81. The van der Waals surface area contributed by atoms with Crippen molar-refractivity contribution < 1.29 is 0 Å². The Hall–Kier alpha value is -6.95. The number of benzene rings is 9. The summed E-state index contributed by atoms with van der Waals surface area (Å²) in [6.07, 6.45) is 0. The van der Waals surface area contributed by atoms with E-state index in [0.29, 0.717) is 5.56 Å². The Bertz CT molecular complexity index is 2710. The molecule has 0 aliphatic rings. The Morgan fingerprint density at radius 1 is 0.353 bits per heavy atom. The summed E-state index contributed by atoms with van der Waals surface area (Å²) in [5.41, 5.74) is 10.9. The first-order valence-electron chi connectivity index (χ1n) is 17.3. The molecular weight excluding hydrogens is 617 g/mol. The second-order valence-corrected chi connectivity index (χ2v) is 12.8. The third kappa shape index (κ3) is 5.29. The van der Waals surface area contributed by atoms with Crippen molar-refractivity contribution in [3.05, 3.63) is 200 Å². The predicted molar refractivity (Wildman–Crippen MR) is 215 cm³/mol. The number of para-hydroxylation sites is 1. The van der Waals surface area contributed by atoms with Crippen molar-refractivity contribution in [2.45, 2.75) is 0 Å². The minimum atomic E-state index is 0.639. The van der Waals surface area contributed by atoms with Gasteiger partial charge in [0, 0.05) is 17.1 Å². The number of hydrogen-bond acceptors (Lipinski definition) is 2. The van der Waals surface area contributed by atoms with Crippen LogP contribution < -0.4 is 4.90 Å². The van der Waals surface area contributed by atoms with Crippen LogP contribution in [0, 0.1) is 11.3 Å². The highest BCUT2D eigenvalue weighted by molar-refractivity contribution is 6.33. The maximum atomic E-state index is 9.53. The number of nitriles is 1. The number of anilines is 3. The van der Waals surface area contributed by atoms with Gasteiger partial charge < -0.3 is 4.90 Å². The van der Waals surface area contributed by atoms with Gasteiger partial charge in [-0.05, 0) is 120 Å². The molecule has 0 amide bonds. The molecule has 0 N–H and O–H groups in total. The number of nitrogens with zero attached hydrogens (tertiary/aromatic N) is 2. The van der Waals surface area contributed by atoms with Gasteiger partial charge in [0.25, 0.3) is 0 Å². The van der Waals surface area contributed by atoms with E-state index in [2.05, 4.69) is 175 Å². The zero-order valence-corrected chi connectivity index (χ0v) is 27.9. The highest BCUT2D eigenvalue weighted by Gasteiger charge is 2.22. The Morgan fingerprint density at radius 3 is 1.47 bits per heavy atom. The summed E-state index contributed by atoms with van der Waals surface area (Å²) in [6.45, 7) is 0. The van der Waals surface area contributed by atoms with Crippen molar-refractivity contribution in [1.82, 2.24) is 0 Å². The van der Waals surface area contributed by atoms with Gasteiger partial charge in [0.15, 0.2) is 0 Å². The standard InChI is InChI=1S/C49H32N2/c50-33-34-25-27-39(28-26-34)51(38-21-11-4-12-22-38)40-29-30-43-46(31-40)41-23-13-14-24-42(41)48-45(36-17-7-2-8-18-36)32-44(35-15-5-1-6-16-35)47(49(43)48)37-19-9-3-10-20-37/h1-32H. The van der Waals surface area contributed by atoms with Gasteiger partial charge in [0.1, 0.15) is 0 Å². The molecule has 0 fully saturated rings. The van der Waals surface area contributed by atoms with Gasteiger partial charge in [-0.15, -0.1) is 0 Å². The van der Waals surface area contributed by atoms with Crippen LogP contribution in [0.5, 0.6) is 0 Å². The Morgan fingerprint density at radius 2 is 0.843 bits per heavy atom. The van der Waals surface area contributed by atoms with Gasteiger partial charge in [-0.1, -0.05) is 140 Å². The number of rotatable bonds is 6. The summed E-state index contributed by atoms with van der Waals surface area (Å²) < 4.78 is 0. The van der Waals surface area contributed by atoms with Gasteiger partial charge >= 0.3 is 0 Å². The van der Waals surface area contributed by atoms with E-state index in [0.717, 1.165) is 17.1 Å². The minimum Gasteiger partial charge on any atom is -0.310 e. The molecule has 238 valence electrons. The van der Waals surface area contributed by atoms with Crippen LogP contribution in [0.15, 0.2) is 194 Å². The lowest BCUT2D eigenvalue weighted by Crippen LogP contribution is -2.09. The van der Waals surface area contributed by atoms with E-state index < -0.39 is 0 Å². The SMILES string of the molecule is N#Cc1ccc(N(c2ccccc2)c2ccc3c(c2)c2ccccc2c2c(-c4ccccc4)cc(-c4ccccc4)c(-c4ccccc4)c32)cc1. The molecule has 0 radical (unpaired) electrons. The topological polar surface area (TPSA) is 27.0 Å². The van der Waals surface area contributed by atoms with Crippen molar-refractivity contribution in [2.75, 3.05) is 4.90 Å². The molecule has 9 aromatic rings. The summed E-state index contributed by atoms with van der Waals surface area (Å²) in [5, 5.41) is 16.8. The Balaban J connectivity index is 1.45. The molecule has 0 bridgehead atoms. The van der Waals surface area contributed by atoms with E-state index in [1.807, 2.05) is 30.3 Å². The van der Waals surface area contributed by atoms with Crippen molar-refractivity contribution in [3.63, 3.8) is 0 Å². The highest BCUT2D eigenvalue weighted by atomic mass is 15.1. The molecule has 51 heavy (non-hydrogen) atoms. The fourth-order valence-corrected chi connectivity index (χ4v) is 7.58. The largest absolute Gasteiger partial charge is 0.310 e. The molecular formula is C49H32N2. The van der Waals surface area contributed by atoms with Crippen molar-refractivity contribution in [2.24, 2.45) is 0 Å². The van der Waals surface area contributed by atoms with Gasteiger partial charge in [-0.25, -0.2) is 0 Å². The average molecular weight is 649 g/mol. The molecule has 9 aromatic carbocycles. The quantitative estimate of drug-likeness (QED) is 0.168. The zero-order chi connectivity index (χ0) is 34.1. The summed E-state index contributed by atoms with van der Waals surface area (Å²) in [6, 6.07) is 71.1. The summed E-state index contributed by atoms with van der Waals surface area (Å²) >= 11 is 0. The first kappa shape index (κ1) is 30.1. The van der Waals surface area contributed by atoms with Crippen LogP contribution in [-0.4, -0.2) is 0 Å². The fraction of sp³-hybridized carbons (Fsp3) is 0. The summed E-state index contributed by atoms with van der Waals surface area (Å²) in [4.78, 5) is 2.27. The van der Waals surface area contributed by atoms with Crippen molar-refractivity contribution in [1.29, 1.82) is 5.26 Å². The molecule has 0 saturated heterocycles. The maximum Gasteiger partial charge on any atom is 0.0991 e. The molecule has 0 spiro atoms. The van der Waals surface area contributed by atoms with Gasteiger partial charge in [-0.3, -0.25) is 0 Å². The van der Waals surface area contributed by atoms with E-state index in [-0.39, 0.29) is 0 Å². The molecule has 0 aliphatic carbocycles. The summed E-state index contributed by atoms with van der Waals surface area (Å²) in [7, 11) is 0. The fourth-order valence-electron chi connectivity index (χ4n) is 7.58. The molecule has 0 aliphatic heterocycles. The van der Waals surface area contributed by atoms with Crippen LogP contribution in [0.4, 0.5) is 17.1 Å². The van der Waals surface area contributed by atoms with Gasteiger partial charge in [0.2, 0.25) is 0 Å². The second kappa shape index (κ2) is 12.8. The third-order valence-electron chi connectivity index (χ3n) is 9.85. The molecule has 0 aromatic heterocycles. The molecule has 9 rings (SSSR count). The minimum absolute atomic E-state index is 0.639. The monoisotopic (exact) mass is 648 g/mol. The second-order valence-electron chi connectivity index (χ2n) is 12.8. The van der Waals surface area contributed by atoms with Gasteiger partial charge in [0.05, 0.1) is 11.6 Å². The maximum absolute atomic E-state index is 9.53. The smallest absolute Gasteiger partial charge is 0.0991 e. The molecule has 2 heteroatoms. The van der Waals surface area contributed by atoms with E-state index in [4.69, 9.17) is 0 Å². The van der Waals surface area contributed by atoms with Crippen LogP contribution in [0.3, 0.4) is 0 Å². The van der Waals surface area contributed by atoms with E-state index in [1.54, 1.807) is 0 Å². The van der Waals surface area contributed by atoms with Crippen LogP contribution in [0.25, 0.3) is 65.7 Å². The highest BCUT2D eigenvalue weighted by Crippen LogP contribution is 2.50. The van der Waals surface area contributed by atoms with Crippen molar-refractivity contribution in [3.8, 4) is 39.4 Å². The zero-order valence-electron chi connectivity index (χ0n) is 27.9. The van der Waals surface area contributed by atoms with Crippen molar-refractivity contribution >= 4 is 49.4 Å². The van der Waals surface area contributed by atoms with Crippen LogP contribution in [0.2, 0.25) is 0 Å². The number of fused-ring (bicyclic) bond motifs is 6. The first-order chi connectivity index (χ1) is 25.3. The van der Waals surface area contributed by atoms with Crippen LogP contribution in [-0.2, 0) is 0 Å².